The number of nitrogens with one attached hydrogen (secondary N) is 3. The number of fused-ring (bicyclic) bond motifs is 2. The maximum Gasteiger partial charge on any atom is 0.394 e. The van der Waals surface area contributed by atoms with Gasteiger partial charge in [-0.15, -0.1) is 0 Å². The molecule has 9 nitrogen and oxygen atoms in total. The van der Waals surface area contributed by atoms with E-state index >= 15 is 0 Å². The van der Waals surface area contributed by atoms with Gasteiger partial charge in [-0.2, -0.15) is 13.2 Å². The smallest absolute Gasteiger partial charge is 0.394 e. The molecular weight excluding hydrogens is 625 g/mol. The monoisotopic (exact) mass is 674 g/mol. The topological polar surface area (TPSA) is 115 Å². The Hall–Kier alpha value is -3.80. The summed E-state index contributed by atoms with van der Waals surface area (Å²) < 4.78 is 56.1. The second-order valence-corrected chi connectivity index (χ2v) is 13.8. The average molecular weight is 675 g/mol. The summed E-state index contributed by atoms with van der Waals surface area (Å²) >= 11 is 0. The molecule has 3 N–H and O–H groups in total. The van der Waals surface area contributed by atoms with Crippen molar-refractivity contribution in [1.82, 2.24) is 15.3 Å². The number of alkyl halides is 3. The van der Waals surface area contributed by atoms with E-state index in [-0.39, 0.29) is 42.5 Å². The SMILES string of the molecule is CCC(C)C(C)CC(C)COC.COc1ccc(C(=O)NC23CCC(C(F)(F)F)(C2)C3)c(NC(=O)c2c(OC)ccc3[nH]c(C)nc23)c1. The lowest BCUT2D eigenvalue weighted by atomic mass is 9.64. The van der Waals surface area contributed by atoms with Gasteiger partial charge in [0.2, 0.25) is 0 Å². The molecule has 0 saturated heterocycles. The summed E-state index contributed by atoms with van der Waals surface area (Å²) in [5.74, 6) is 2.56. The van der Waals surface area contributed by atoms with Crippen LogP contribution in [0.2, 0.25) is 0 Å². The minimum Gasteiger partial charge on any atom is -0.497 e. The Morgan fingerprint density at radius 3 is 2.29 bits per heavy atom. The largest absolute Gasteiger partial charge is 0.497 e. The maximum absolute atomic E-state index is 13.4. The van der Waals surface area contributed by atoms with Gasteiger partial charge < -0.3 is 29.8 Å². The van der Waals surface area contributed by atoms with Gasteiger partial charge in [0, 0.05) is 25.3 Å². The molecule has 3 aliphatic rings. The number of aromatic amines is 1. The average Bonchev–Trinajstić information content (AvgIpc) is 3.71. The summed E-state index contributed by atoms with van der Waals surface area (Å²) in [6.45, 7) is 11.9. The van der Waals surface area contributed by atoms with Gasteiger partial charge in [-0.25, -0.2) is 4.98 Å². The summed E-state index contributed by atoms with van der Waals surface area (Å²) in [5.41, 5.74) is -1.12. The number of carbonyl (C=O) groups is 2. The van der Waals surface area contributed by atoms with Crippen molar-refractivity contribution < 1.29 is 37.0 Å². The number of amides is 2. The first-order valence-electron chi connectivity index (χ1n) is 16.5. The quantitative estimate of drug-likeness (QED) is 0.179. The highest BCUT2D eigenvalue weighted by Gasteiger charge is 2.72. The van der Waals surface area contributed by atoms with Crippen LogP contribution in [-0.4, -0.2) is 61.4 Å². The number of benzene rings is 2. The van der Waals surface area contributed by atoms with Crippen LogP contribution in [0, 0.1) is 30.1 Å². The van der Waals surface area contributed by atoms with Crippen molar-refractivity contribution in [2.75, 3.05) is 33.3 Å². The highest BCUT2D eigenvalue weighted by Crippen LogP contribution is 2.68. The second-order valence-electron chi connectivity index (χ2n) is 13.8. The standard InChI is InChI=1S/C25H25F3N4O4.C11H24O/c1-13-29-16-6-7-18(36-3)19(20(16)30-13)22(34)31-17-10-14(35-2)4-5-15(17)21(33)32-24-9-8-23(11-24,12-24)25(26,27)28;1-6-10(3)11(4)7-9(2)8-12-5/h4-7,10H,8-9,11-12H2,1-3H3,(H,29,30)(H,31,34)(H,32,33);9-11H,6-8H2,1-5H3. The molecular formula is C36H49F3N4O5. The second kappa shape index (κ2) is 14.8. The number of carbonyl (C=O) groups excluding carboxylic acids is 2. The Kier molecular flexibility index (Phi) is 11.4. The minimum atomic E-state index is -4.29. The molecule has 3 unspecified atom stereocenters. The Labute approximate surface area is 280 Å². The Bertz CT molecular complexity index is 1600. The molecule has 3 atom stereocenters. The lowest BCUT2D eigenvalue weighted by Gasteiger charge is -2.48. The van der Waals surface area contributed by atoms with Crippen LogP contribution in [-0.2, 0) is 4.74 Å². The molecule has 0 aliphatic heterocycles. The van der Waals surface area contributed by atoms with Crippen molar-refractivity contribution in [3.63, 3.8) is 0 Å². The summed E-state index contributed by atoms with van der Waals surface area (Å²) in [5, 5.41) is 5.55. The van der Waals surface area contributed by atoms with Gasteiger partial charge in [0.05, 0.1) is 36.4 Å². The van der Waals surface area contributed by atoms with E-state index in [0.717, 1.165) is 18.4 Å². The number of ether oxygens (including phenoxy) is 3. The van der Waals surface area contributed by atoms with Crippen LogP contribution in [0.5, 0.6) is 11.5 Å². The molecule has 1 heterocycles. The van der Waals surface area contributed by atoms with Crippen LogP contribution in [0.1, 0.15) is 92.8 Å². The predicted octanol–water partition coefficient (Wildman–Crippen LogP) is 8.09. The molecule has 2 bridgehead atoms. The molecule has 0 spiro atoms. The van der Waals surface area contributed by atoms with E-state index < -0.39 is 28.9 Å². The number of aryl methyl sites for hydroxylation is 1. The van der Waals surface area contributed by atoms with Gasteiger partial charge in [-0.3, -0.25) is 9.59 Å². The number of hydrogen-bond acceptors (Lipinski definition) is 6. The Morgan fingerprint density at radius 2 is 1.71 bits per heavy atom. The number of H-pyrrole nitrogens is 1. The van der Waals surface area contributed by atoms with Gasteiger partial charge in [0.25, 0.3) is 11.8 Å². The third-order valence-corrected chi connectivity index (χ3v) is 10.2. The fourth-order valence-electron chi connectivity index (χ4n) is 7.21. The summed E-state index contributed by atoms with van der Waals surface area (Å²) in [7, 11) is 4.66. The number of halogens is 3. The lowest BCUT2D eigenvalue weighted by molar-refractivity contribution is -0.248. The van der Waals surface area contributed by atoms with Crippen molar-refractivity contribution in [2.45, 2.75) is 84.9 Å². The maximum atomic E-state index is 13.4. The first-order chi connectivity index (χ1) is 22.6. The van der Waals surface area contributed by atoms with Crippen molar-refractivity contribution in [3.05, 3.63) is 47.3 Å². The van der Waals surface area contributed by atoms with Gasteiger partial charge >= 0.3 is 6.18 Å². The van der Waals surface area contributed by atoms with Crippen molar-refractivity contribution in [1.29, 1.82) is 0 Å². The molecule has 0 radical (unpaired) electrons. The molecule has 6 rings (SSSR count). The first-order valence-corrected chi connectivity index (χ1v) is 16.5. The predicted molar refractivity (Wildman–Crippen MR) is 180 cm³/mol. The zero-order valence-electron chi connectivity index (χ0n) is 29.2. The van der Waals surface area contributed by atoms with E-state index in [2.05, 4.69) is 48.3 Å². The van der Waals surface area contributed by atoms with Crippen LogP contribution in [0.4, 0.5) is 18.9 Å². The van der Waals surface area contributed by atoms with E-state index in [9.17, 15) is 22.8 Å². The van der Waals surface area contributed by atoms with Crippen molar-refractivity contribution in [2.24, 2.45) is 23.2 Å². The molecule has 48 heavy (non-hydrogen) atoms. The number of aromatic nitrogens is 2. The number of methoxy groups -OCH3 is 3. The van der Waals surface area contributed by atoms with Crippen LogP contribution in [0.3, 0.4) is 0 Å². The highest BCUT2D eigenvalue weighted by atomic mass is 19.4. The zero-order chi connectivity index (χ0) is 35.4. The van der Waals surface area contributed by atoms with Crippen LogP contribution in [0.25, 0.3) is 11.0 Å². The summed E-state index contributed by atoms with van der Waals surface area (Å²) in [4.78, 5) is 34.1. The van der Waals surface area contributed by atoms with Gasteiger partial charge in [0.1, 0.15) is 28.4 Å². The van der Waals surface area contributed by atoms with E-state index in [0.29, 0.717) is 34.3 Å². The summed E-state index contributed by atoms with van der Waals surface area (Å²) in [6.07, 6.45) is -1.72. The fourth-order valence-corrected chi connectivity index (χ4v) is 7.21. The first kappa shape index (κ1) is 37.0. The van der Waals surface area contributed by atoms with Crippen molar-refractivity contribution in [3.8, 4) is 11.5 Å². The van der Waals surface area contributed by atoms with Crippen LogP contribution < -0.4 is 20.1 Å². The third-order valence-electron chi connectivity index (χ3n) is 10.2. The molecule has 2 amide bonds. The Balaban J connectivity index is 0.000000371. The fraction of sp³-hybridized carbons (Fsp3) is 0.583. The molecule has 3 saturated carbocycles. The number of imidazole rings is 1. The zero-order valence-corrected chi connectivity index (χ0v) is 29.2. The van der Waals surface area contributed by atoms with Crippen LogP contribution in [0.15, 0.2) is 30.3 Å². The summed E-state index contributed by atoms with van der Waals surface area (Å²) in [6, 6.07) is 7.90. The lowest BCUT2D eigenvalue weighted by Crippen LogP contribution is -2.59. The number of nitrogens with zero attached hydrogens (tertiary/aromatic N) is 1. The van der Waals surface area contributed by atoms with E-state index in [1.807, 2.05) is 0 Å². The minimum absolute atomic E-state index is 0.00410. The number of hydrogen-bond donors (Lipinski definition) is 3. The number of rotatable bonds is 12. The van der Waals surface area contributed by atoms with Crippen LogP contribution >= 0.6 is 0 Å². The normalized spacial score (nSPS) is 21.7. The molecule has 2 aromatic carbocycles. The van der Waals surface area contributed by atoms with Gasteiger partial charge in [0.15, 0.2) is 0 Å². The third kappa shape index (κ3) is 7.74. The van der Waals surface area contributed by atoms with E-state index in [1.165, 1.54) is 39.2 Å². The van der Waals surface area contributed by atoms with Gasteiger partial charge in [-0.05, 0) is 81.0 Å². The van der Waals surface area contributed by atoms with Crippen molar-refractivity contribution >= 4 is 28.5 Å². The molecule has 264 valence electrons. The molecule has 12 heteroatoms. The molecule has 1 aromatic heterocycles. The highest BCUT2D eigenvalue weighted by molar-refractivity contribution is 6.15. The molecule has 3 aromatic rings. The molecule has 3 aliphatic carbocycles. The van der Waals surface area contributed by atoms with Gasteiger partial charge in [-0.1, -0.05) is 34.1 Å². The van der Waals surface area contributed by atoms with E-state index in [1.54, 1.807) is 32.2 Å². The molecule has 3 fully saturated rings. The Morgan fingerprint density at radius 1 is 1.00 bits per heavy atom. The van der Waals surface area contributed by atoms with E-state index in [4.69, 9.17) is 14.2 Å². The number of anilines is 1.